The first kappa shape index (κ1) is 21.3. The minimum absolute atomic E-state index is 0.942. The van der Waals surface area contributed by atoms with Crippen LogP contribution in [0.2, 0.25) is 0 Å². The van der Waals surface area contributed by atoms with E-state index >= 15 is 0 Å². The number of hydrogen-bond acceptors (Lipinski definition) is 1. The summed E-state index contributed by atoms with van der Waals surface area (Å²) in [5.41, 5.74) is 9.84. The second-order valence-corrected chi connectivity index (χ2v) is 8.75. The fourth-order valence-electron chi connectivity index (χ4n) is 4.39. The lowest BCUT2D eigenvalue weighted by atomic mass is 9.85. The molecule has 0 nitrogen and oxygen atoms in total. The lowest BCUT2D eigenvalue weighted by Crippen LogP contribution is -1.95. The topological polar surface area (TPSA) is 0 Å². The Balaban J connectivity index is 1.82. The maximum Gasteiger partial charge on any atom is 0.00461 e. The Morgan fingerprint density at radius 3 is 1.76 bits per heavy atom. The molecule has 5 rings (SSSR count). The third-order valence-electron chi connectivity index (χ3n) is 6.01. The molecule has 0 spiro atoms. The zero-order valence-electron chi connectivity index (χ0n) is 18.5. The molecule has 0 aromatic heterocycles. The molecular formula is C32H26S. The zero-order chi connectivity index (χ0) is 22.5. The summed E-state index contributed by atoms with van der Waals surface area (Å²) in [5, 5.41) is 0. The zero-order valence-corrected chi connectivity index (χ0v) is 19.4. The molecule has 0 saturated heterocycles. The van der Waals surface area contributed by atoms with E-state index in [2.05, 4.69) is 134 Å². The lowest BCUT2D eigenvalue weighted by molar-refractivity contribution is 1.29. The summed E-state index contributed by atoms with van der Waals surface area (Å²) < 4.78 is 0. The van der Waals surface area contributed by atoms with Gasteiger partial charge in [-0.1, -0.05) is 103 Å². The van der Waals surface area contributed by atoms with Crippen LogP contribution in [0, 0.1) is 0 Å². The molecule has 1 aliphatic carbocycles. The Labute approximate surface area is 202 Å². The normalized spacial score (nSPS) is 13.3. The maximum absolute atomic E-state index is 4.62. The molecule has 1 aliphatic rings. The molecule has 0 N–H and O–H groups in total. The third kappa shape index (κ3) is 4.79. The van der Waals surface area contributed by atoms with Gasteiger partial charge < -0.3 is 0 Å². The molecule has 4 aromatic carbocycles. The highest BCUT2D eigenvalue weighted by Crippen LogP contribution is 2.41. The number of rotatable bonds is 4. The van der Waals surface area contributed by atoms with Crippen molar-refractivity contribution in [2.24, 2.45) is 0 Å². The largest absolute Gasteiger partial charge is 0.143 e. The summed E-state index contributed by atoms with van der Waals surface area (Å²) in [6.45, 7) is 0. The Bertz CT molecular complexity index is 1340. The SMILES string of the molecule is Sc1cccc(-c2cc(-c3ccccc3)c(C3=CCC=CCC=C3)cc2-c2ccccc2)c1. The van der Waals surface area contributed by atoms with E-state index in [1.54, 1.807) is 0 Å². The van der Waals surface area contributed by atoms with E-state index in [1.807, 2.05) is 6.07 Å². The molecule has 0 bridgehead atoms. The van der Waals surface area contributed by atoms with Crippen molar-refractivity contribution >= 4 is 18.2 Å². The monoisotopic (exact) mass is 442 g/mol. The van der Waals surface area contributed by atoms with Crippen molar-refractivity contribution in [3.8, 4) is 33.4 Å². The molecular weight excluding hydrogens is 416 g/mol. The predicted octanol–water partition coefficient (Wildman–Crippen LogP) is 9.27. The van der Waals surface area contributed by atoms with Crippen LogP contribution in [-0.2, 0) is 0 Å². The molecule has 160 valence electrons. The van der Waals surface area contributed by atoms with Crippen LogP contribution < -0.4 is 0 Å². The highest BCUT2D eigenvalue weighted by Gasteiger charge is 2.16. The Morgan fingerprint density at radius 2 is 1.06 bits per heavy atom. The fourth-order valence-corrected chi connectivity index (χ4v) is 4.62. The van der Waals surface area contributed by atoms with Gasteiger partial charge in [-0.25, -0.2) is 0 Å². The van der Waals surface area contributed by atoms with E-state index in [4.69, 9.17) is 0 Å². The number of benzene rings is 4. The molecule has 0 amide bonds. The van der Waals surface area contributed by atoms with Gasteiger partial charge in [0, 0.05) is 4.90 Å². The summed E-state index contributed by atoms with van der Waals surface area (Å²) in [4.78, 5) is 0.967. The number of allylic oxidation sites excluding steroid dienone is 6. The van der Waals surface area contributed by atoms with Crippen LogP contribution in [0.5, 0.6) is 0 Å². The van der Waals surface area contributed by atoms with E-state index in [0.717, 1.165) is 17.7 Å². The van der Waals surface area contributed by atoms with Gasteiger partial charge in [-0.05, 0) is 81.6 Å². The minimum Gasteiger partial charge on any atom is -0.143 e. The van der Waals surface area contributed by atoms with Gasteiger partial charge in [-0.3, -0.25) is 0 Å². The first-order chi connectivity index (χ1) is 16.3. The number of thiol groups is 1. The number of hydrogen-bond donors (Lipinski definition) is 1. The fraction of sp³-hybridized carbons (Fsp3) is 0.0625. The smallest absolute Gasteiger partial charge is 0.00461 e. The van der Waals surface area contributed by atoms with Gasteiger partial charge in [0.25, 0.3) is 0 Å². The Morgan fingerprint density at radius 1 is 0.485 bits per heavy atom. The summed E-state index contributed by atoms with van der Waals surface area (Å²) in [7, 11) is 0. The Hall–Kier alpha value is -3.55. The van der Waals surface area contributed by atoms with Crippen LogP contribution >= 0.6 is 12.6 Å². The van der Waals surface area contributed by atoms with Crippen LogP contribution in [0.15, 0.2) is 132 Å². The van der Waals surface area contributed by atoms with E-state index < -0.39 is 0 Å². The first-order valence-electron chi connectivity index (χ1n) is 11.4. The third-order valence-corrected chi connectivity index (χ3v) is 6.28. The highest BCUT2D eigenvalue weighted by atomic mass is 32.1. The average molecular weight is 443 g/mol. The van der Waals surface area contributed by atoms with Gasteiger partial charge in [0.1, 0.15) is 0 Å². The van der Waals surface area contributed by atoms with Crippen molar-refractivity contribution in [2.75, 3.05) is 0 Å². The second-order valence-electron chi connectivity index (χ2n) is 8.23. The van der Waals surface area contributed by atoms with E-state index in [0.29, 0.717) is 0 Å². The van der Waals surface area contributed by atoms with E-state index in [-0.39, 0.29) is 0 Å². The minimum atomic E-state index is 0.942. The molecule has 0 saturated carbocycles. The summed E-state index contributed by atoms with van der Waals surface area (Å²) >= 11 is 4.62. The van der Waals surface area contributed by atoms with Crippen LogP contribution in [-0.4, -0.2) is 0 Å². The molecule has 0 aliphatic heterocycles. The molecule has 0 fully saturated rings. The standard InChI is InChI=1S/C32H26S/c33-28-20-12-19-27(21-28)32-23-30(25-15-8-4-9-16-25)29(24-13-6-2-1-3-7-14-24)22-31(32)26-17-10-5-11-18-26/h1-2,4-5,7-23,33H,3,6H2. The first-order valence-corrected chi connectivity index (χ1v) is 11.8. The quantitative estimate of drug-likeness (QED) is 0.236. The van der Waals surface area contributed by atoms with Crippen molar-refractivity contribution in [2.45, 2.75) is 17.7 Å². The Kier molecular flexibility index (Phi) is 6.41. The van der Waals surface area contributed by atoms with Crippen LogP contribution in [0.3, 0.4) is 0 Å². The molecule has 0 heterocycles. The van der Waals surface area contributed by atoms with Gasteiger partial charge >= 0.3 is 0 Å². The van der Waals surface area contributed by atoms with Crippen molar-refractivity contribution < 1.29 is 0 Å². The summed E-state index contributed by atoms with van der Waals surface area (Å²) in [5.74, 6) is 0. The van der Waals surface area contributed by atoms with Crippen LogP contribution in [0.4, 0.5) is 0 Å². The van der Waals surface area contributed by atoms with Crippen molar-refractivity contribution in [1.29, 1.82) is 0 Å². The van der Waals surface area contributed by atoms with Crippen molar-refractivity contribution in [3.63, 3.8) is 0 Å². The lowest BCUT2D eigenvalue weighted by Gasteiger charge is -2.19. The summed E-state index contributed by atoms with van der Waals surface area (Å²) in [6, 6.07) is 34.6. The van der Waals surface area contributed by atoms with E-state index in [9.17, 15) is 0 Å². The van der Waals surface area contributed by atoms with Gasteiger partial charge in [-0.2, -0.15) is 0 Å². The van der Waals surface area contributed by atoms with E-state index in [1.165, 1.54) is 44.5 Å². The molecule has 1 heteroatoms. The highest BCUT2D eigenvalue weighted by molar-refractivity contribution is 7.80. The van der Waals surface area contributed by atoms with Crippen LogP contribution in [0.25, 0.3) is 39.0 Å². The van der Waals surface area contributed by atoms with Crippen LogP contribution in [0.1, 0.15) is 18.4 Å². The predicted molar refractivity (Wildman–Crippen MR) is 145 cm³/mol. The molecule has 0 atom stereocenters. The second kappa shape index (κ2) is 9.94. The van der Waals surface area contributed by atoms with Gasteiger partial charge in [-0.15, -0.1) is 12.6 Å². The maximum atomic E-state index is 4.62. The van der Waals surface area contributed by atoms with Gasteiger partial charge in [0.05, 0.1) is 0 Å². The molecule has 33 heavy (non-hydrogen) atoms. The average Bonchev–Trinajstić information content (AvgIpc) is 2.84. The van der Waals surface area contributed by atoms with Crippen molar-refractivity contribution in [3.05, 3.63) is 133 Å². The molecule has 0 radical (unpaired) electrons. The van der Waals surface area contributed by atoms with Crippen molar-refractivity contribution in [1.82, 2.24) is 0 Å². The molecule has 0 unspecified atom stereocenters. The van der Waals surface area contributed by atoms with Gasteiger partial charge in [0.15, 0.2) is 0 Å². The van der Waals surface area contributed by atoms with Gasteiger partial charge in [0.2, 0.25) is 0 Å². The molecule has 4 aromatic rings. The summed E-state index contributed by atoms with van der Waals surface area (Å²) in [6.07, 6.45) is 13.2.